The van der Waals surface area contributed by atoms with Gasteiger partial charge in [-0.05, 0) is 11.6 Å². The molecule has 4 rings (SSSR count). The van der Waals surface area contributed by atoms with Crippen LogP contribution < -0.4 is 10.5 Å². The van der Waals surface area contributed by atoms with Crippen molar-refractivity contribution in [1.29, 1.82) is 0 Å². The zero-order chi connectivity index (χ0) is 27.8. The van der Waals surface area contributed by atoms with E-state index in [1.54, 1.807) is 6.07 Å². The van der Waals surface area contributed by atoms with Gasteiger partial charge in [0, 0.05) is 44.4 Å². The summed E-state index contributed by atoms with van der Waals surface area (Å²) in [5.74, 6) is 0.102. The molecule has 2 aromatic heterocycles. The lowest BCUT2D eigenvalue weighted by Gasteiger charge is -2.33. The largest absolute Gasteiger partial charge is 0.492 e. The predicted octanol–water partition coefficient (Wildman–Crippen LogP) is 2.83. The summed E-state index contributed by atoms with van der Waals surface area (Å²) in [6.07, 6.45) is 1.49. The monoisotopic (exact) mass is 566 g/mol. The Hall–Kier alpha value is -3.39. The van der Waals surface area contributed by atoms with Crippen molar-refractivity contribution in [3.8, 4) is 17.1 Å². The molecule has 210 valence electrons. The number of halogens is 3. The van der Waals surface area contributed by atoms with Crippen LogP contribution in [-0.2, 0) is 25.4 Å². The van der Waals surface area contributed by atoms with Gasteiger partial charge in [-0.2, -0.15) is 13.9 Å². The number of anilines is 1. The fourth-order valence-electron chi connectivity index (χ4n) is 4.14. The molecular weight excluding hydrogens is 538 g/mol. The first-order chi connectivity index (χ1) is 18.9. The average molecular weight is 567 g/mol. The number of para-hydroxylation sites is 1. The van der Waals surface area contributed by atoms with Crippen molar-refractivity contribution in [2.24, 2.45) is 0 Å². The highest BCUT2D eigenvalue weighted by Crippen LogP contribution is 2.29. The Morgan fingerprint density at radius 2 is 2.05 bits per heavy atom. The first kappa shape index (κ1) is 28.6. The van der Waals surface area contributed by atoms with Crippen LogP contribution in [0, 0.1) is 0 Å². The van der Waals surface area contributed by atoms with Crippen molar-refractivity contribution in [2.75, 3.05) is 59.0 Å². The van der Waals surface area contributed by atoms with Gasteiger partial charge >= 0.3 is 12.5 Å². The van der Waals surface area contributed by atoms with Gasteiger partial charge in [-0.3, -0.25) is 9.69 Å². The van der Waals surface area contributed by atoms with E-state index in [1.807, 2.05) is 23.1 Å². The summed E-state index contributed by atoms with van der Waals surface area (Å²) in [5.41, 5.74) is 7.38. The Labute approximate surface area is 228 Å². The number of nitrogens with two attached hydrogens (primary N) is 1. The number of carbonyl (C=O) groups excluding carboxylic acids is 1. The summed E-state index contributed by atoms with van der Waals surface area (Å²) >= 11 is 6.01. The van der Waals surface area contributed by atoms with Crippen LogP contribution in [0.25, 0.3) is 11.4 Å². The molecule has 3 aromatic rings. The zero-order valence-electron chi connectivity index (χ0n) is 21.3. The number of esters is 1. The van der Waals surface area contributed by atoms with Crippen molar-refractivity contribution in [1.82, 2.24) is 24.6 Å². The summed E-state index contributed by atoms with van der Waals surface area (Å²) in [7, 11) is 1.53. The molecule has 11 nitrogen and oxygen atoms in total. The van der Waals surface area contributed by atoms with E-state index in [0.717, 1.165) is 5.56 Å². The molecule has 2 N–H and O–H groups in total. The number of morpholine rings is 1. The van der Waals surface area contributed by atoms with Crippen molar-refractivity contribution >= 4 is 23.5 Å². The van der Waals surface area contributed by atoms with Gasteiger partial charge in [0.25, 0.3) is 0 Å². The maximum absolute atomic E-state index is 13.5. The smallest absolute Gasteiger partial charge is 0.333 e. The van der Waals surface area contributed by atoms with Crippen molar-refractivity contribution in [3.05, 3.63) is 52.8 Å². The number of aromatic nitrogens is 4. The fourth-order valence-corrected chi connectivity index (χ4v) is 4.33. The number of nitrogen functional groups attached to an aromatic ring is 1. The van der Waals surface area contributed by atoms with E-state index in [4.69, 9.17) is 36.3 Å². The standard InChI is InChI=1S/C25H29ClF2N6O5/c1-36-10-11-39-23(35)19-15-37-8-6-33(19)7-9-38-20-5-3-2-4-16(20)12-17-14-34(24(27)28)32-22(17)18-13-21(26)31-25(29)30-18/h2-5,13-14,19,24H,6-12,15H2,1H3,(H2,29,30,31)/t19-/m1/s1. The normalized spacial score (nSPS) is 16.0. The second-order valence-corrected chi connectivity index (χ2v) is 9.00. The average Bonchev–Trinajstić information content (AvgIpc) is 3.34. The highest BCUT2D eigenvalue weighted by molar-refractivity contribution is 6.29. The summed E-state index contributed by atoms with van der Waals surface area (Å²) in [6, 6.07) is 8.16. The topological polar surface area (TPSA) is 127 Å². The molecule has 1 atom stereocenters. The van der Waals surface area contributed by atoms with E-state index in [0.29, 0.717) is 42.3 Å². The summed E-state index contributed by atoms with van der Waals surface area (Å²) in [5, 5.41) is 4.09. The number of hydrogen-bond acceptors (Lipinski definition) is 10. The second-order valence-electron chi connectivity index (χ2n) is 8.61. The number of rotatable bonds is 12. The minimum atomic E-state index is -2.85. The molecule has 39 heavy (non-hydrogen) atoms. The third kappa shape index (κ3) is 7.60. The van der Waals surface area contributed by atoms with Gasteiger partial charge in [0.1, 0.15) is 35.9 Å². The fraction of sp³-hybridized carbons (Fsp3) is 0.440. The first-order valence-electron chi connectivity index (χ1n) is 12.2. The van der Waals surface area contributed by atoms with E-state index < -0.39 is 12.6 Å². The van der Waals surface area contributed by atoms with Gasteiger partial charge in [0.05, 0.1) is 25.5 Å². The van der Waals surface area contributed by atoms with Gasteiger partial charge in [-0.1, -0.05) is 29.8 Å². The van der Waals surface area contributed by atoms with Gasteiger partial charge in [0.2, 0.25) is 5.95 Å². The SMILES string of the molecule is COCCOC(=O)[C@H]1COCCN1CCOc1ccccc1Cc1cn(C(F)F)nc1-c1cc(Cl)nc(N)n1. The van der Waals surface area contributed by atoms with Crippen LogP contribution in [0.15, 0.2) is 36.5 Å². The van der Waals surface area contributed by atoms with Crippen LogP contribution in [0.3, 0.4) is 0 Å². The number of carbonyl (C=O) groups is 1. The molecule has 0 unspecified atom stereocenters. The predicted molar refractivity (Wildman–Crippen MR) is 138 cm³/mol. The molecule has 0 bridgehead atoms. The first-order valence-corrected chi connectivity index (χ1v) is 12.6. The molecule has 0 amide bonds. The van der Waals surface area contributed by atoms with Crippen molar-refractivity contribution in [2.45, 2.75) is 19.0 Å². The van der Waals surface area contributed by atoms with E-state index in [1.165, 1.54) is 19.4 Å². The van der Waals surface area contributed by atoms with Gasteiger partial charge in [-0.25, -0.2) is 14.6 Å². The molecule has 0 radical (unpaired) electrons. The molecule has 14 heteroatoms. The lowest BCUT2D eigenvalue weighted by atomic mass is 10.0. The number of ether oxygens (including phenoxy) is 4. The summed E-state index contributed by atoms with van der Waals surface area (Å²) < 4.78 is 49.3. The number of hydrogen-bond donors (Lipinski definition) is 1. The van der Waals surface area contributed by atoms with E-state index in [-0.39, 0.29) is 54.7 Å². The van der Waals surface area contributed by atoms with E-state index in [9.17, 15) is 13.6 Å². The Kier molecular flexibility index (Phi) is 9.98. The quantitative estimate of drug-likeness (QED) is 0.199. The lowest BCUT2D eigenvalue weighted by molar-refractivity contribution is -0.157. The maximum Gasteiger partial charge on any atom is 0.333 e. The highest BCUT2D eigenvalue weighted by Gasteiger charge is 2.30. The van der Waals surface area contributed by atoms with Crippen LogP contribution in [0.5, 0.6) is 5.75 Å². The third-order valence-electron chi connectivity index (χ3n) is 6.00. The molecule has 1 saturated heterocycles. The number of nitrogens with zero attached hydrogens (tertiary/aromatic N) is 5. The third-order valence-corrected chi connectivity index (χ3v) is 6.19. The zero-order valence-corrected chi connectivity index (χ0v) is 22.0. The Bertz CT molecular complexity index is 1240. The molecule has 1 aromatic carbocycles. The number of methoxy groups -OCH3 is 1. The Balaban J connectivity index is 1.47. The summed E-state index contributed by atoms with van der Waals surface area (Å²) in [6.45, 7) is -0.355. The highest BCUT2D eigenvalue weighted by atomic mass is 35.5. The van der Waals surface area contributed by atoms with Crippen molar-refractivity contribution < 1.29 is 32.5 Å². The van der Waals surface area contributed by atoms with Gasteiger partial charge in [-0.15, -0.1) is 0 Å². The molecule has 0 saturated carbocycles. The van der Waals surface area contributed by atoms with Crippen molar-refractivity contribution in [3.63, 3.8) is 0 Å². The van der Waals surface area contributed by atoms with Gasteiger partial charge < -0.3 is 24.7 Å². The van der Waals surface area contributed by atoms with Crippen LogP contribution in [-0.4, -0.2) is 89.9 Å². The van der Waals surface area contributed by atoms with Crippen LogP contribution >= 0.6 is 11.6 Å². The van der Waals surface area contributed by atoms with E-state index in [2.05, 4.69) is 15.1 Å². The minimum Gasteiger partial charge on any atom is -0.492 e. The van der Waals surface area contributed by atoms with Crippen LogP contribution in [0.2, 0.25) is 5.15 Å². The lowest BCUT2D eigenvalue weighted by Crippen LogP contribution is -2.51. The maximum atomic E-state index is 13.5. The molecular formula is C25H29ClF2N6O5. The number of benzene rings is 1. The Morgan fingerprint density at radius 1 is 1.23 bits per heavy atom. The summed E-state index contributed by atoms with van der Waals surface area (Å²) in [4.78, 5) is 22.4. The number of alkyl halides is 2. The molecule has 3 heterocycles. The van der Waals surface area contributed by atoms with Gasteiger partial charge in [0.15, 0.2) is 0 Å². The van der Waals surface area contributed by atoms with Crippen LogP contribution in [0.4, 0.5) is 14.7 Å². The molecule has 0 aliphatic carbocycles. The Morgan fingerprint density at radius 3 is 2.82 bits per heavy atom. The molecule has 1 aliphatic rings. The molecule has 1 aliphatic heterocycles. The minimum absolute atomic E-state index is 0.0720. The second kappa shape index (κ2) is 13.6. The molecule has 0 spiro atoms. The van der Waals surface area contributed by atoms with E-state index >= 15 is 0 Å². The molecule has 1 fully saturated rings. The van der Waals surface area contributed by atoms with Crippen LogP contribution in [0.1, 0.15) is 17.7 Å².